The number of aryl methyl sites for hydroxylation is 2. The SMILES string of the molecule is Cc1ccc(C(=O)NNC2=NCCCCC2)cc1.Cc1ccc(C2(O)NN=C3CCCCCN32)cc1. The summed E-state index contributed by atoms with van der Waals surface area (Å²) in [6, 6.07) is 15.5. The molecule has 0 spiro atoms. The largest absolute Gasteiger partial charge is 0.349 e. The maximum Gasteiger partial charge on any atom is 0.269 e. The Morgan fingerprint density at radius 1 is 0.917 bits per heavy atom. The summed E-state index contributed by atoms with van der Waals surface area (Å²) in [6.45, 7) is 5.75. The molecule has 1 fully saturated rings. The van der Waals surface area contributed by atoms with Gasteiger partial charge in [-0.2, -0.15) is 5.10 Å². The number of carbonyl (C=O) groups is 1. The minimum atomic E-state index is -1.16. The number of amides is 1. The summed E-state index contributed by atoms with van der Waals surface area (Å²) in [7, 11) is 0. The molecule has 0 radical (unpaired) electrons. The van der Waals surface area contributed by atoms with Crippen LogP contribution in [0.3, 0.4) is 0 Å². The van der Waals surface area contributed by atoms with E-state index in [4.69, 9.17) is 0 Å². The number of carbonyl (C=O) groups excluding carboxylic acids is 1. The van der Waals surface area contributed by atoms with Gasteiger partial charge in [-0.25, -0.2) is 0 Å². The van der Waals surface area contributed by atoms with Gasteiger partial charge in [0.05, 0.1) is 0 Å². The summed E-state index contributed by atoms with van der Waals surface area (Å²) in [4.78, 5) is 18.3. The van der Waals surface area contributed by atoms with Crippen LogP contribution in [0.1, 0.15) is 78.4 Å². The van der Waals surface area contributed by atoms with Crippen molar-refractivity contribution in [3.05, 3.63) is 70.8 Å². The zero-order valence-electron chi connectivity index (χ0n) is 21.4. The van der Waals surface area contributed by atoms with Crippen molar-refractivity contribution in [2.75, 3.05) is 13.1 Å². The molecule has 2 aromatic rings. The van der Waals surface area contributed by atoms with Gasteiger partial charge in [0.25, 0.3) is 11.8 Å². The van der Waals surface area contributed by atoms with Crippen molar-refractivity contribution in [2.45, 2.75) is 71.1 Å². The van der Waals surface area contributed by atoms with Crippen LogP contribution in [0.25, 0.3) is 0 Å². The molecule has 3 aliphatic rings. The third kappa shape index (κ3) is 6.43. The van der Waals surface area contributed by atoms with Crippen LogP contribution in [0.15, 0.2) is 58.6 Å². The molecule has 0 saturated carbocycles. The Morgan fingerprint density at radius 3 is 2.33 bits per heavy atom. The standard InChI is InChI=1S/2C14H19N3O/c1-11-6-8-12(9-7-11)14(18)16-15-13-5-3-2-4-10-17(13)14;1-11-6-8-12(9-7-11)14(18)17-16-13-5-3-2-4-10-15-13/h6-9,16,18H,2-5,10H2,1H3;6-9H,2-5,10H2,1H3,(H,15,16)(H,17,18). The van der Waals surface area contributed by atoms with Gasteiger partial charge in [-0.15, -0.1) is 0 Å². The highest BCUT2D eigenvalue weighted by atomic mass is 16.3. The van der Waals surface area contributed by atoms with Crippen LogP contribution in [0, 0.1) is 13.8 Å². The number of hydrazine groups is 1. The zero-order valence-corrected chi connectivity index (χ0v) is 21.4. The van der Waals surface area contributed by atoms with Gasteiger partial charge >= 0.3 is 0 Å². The fraction of sp³-hybridized carbons (Fsp3) is 0.464. The zero-order chi connectivity index (χ0) is 25.4. The van der Waals surface area contributed by atoms with Gasteiger partial charge in [0.15, 0.2) is 0 Å². The molecule has 8 heteroatoms. The molecule has 3 heterocycles. The third-order valence-electron chi connectivity index (χ3n) is 6.79. The van der Waals surface area contributed by atoms with Crippen molar-refractivity contribution in [1.82, 2.24) is 21.2 Å². The molecule has 1 atom stereocenters. The van der Waals surface area contributed by atoms with E-state index in [1.807, 2.05) is 67.3 Å². The van der Waals surface area contributed by atoms with E-state index < -0.39 is 5.85 Å². The number of amidine groups is 2. The first-order valence-corrected chi connectivity index (χ1v) is 13.0. The molecule has 1 saturated heterocycles. The topological polar surface area (TPSA) is 101 Å². The fourth-order valence-electron chi connectivity index (χ4n) is 4.55. The van der Waals surface area contributed by atoms with E-state index >= 15 is 0 Å². The molecule has 8 nitrogen and oxygen atoms in total. The lowest BCUT2D eigenvalue weighted by Gasteiger charge is -2.34. The van der Waals surface area contributed by atoms with E-state index in [0.29, 0.717) is 5.56 Å². The number of benzene rings is 2. The number of fused-ring (bicyclic) bond motifs is 1. The van der Waals surface area contributed by atoms with E-state index in [1.54, 1.807) is 0 Å². The number of hydrogen-bond acceptors (Lipinski definition) is 7. The molecule has 3 aliphatic heterocycles. The normalized spacial score (nSPS) is 21.4. The van der Waals surface area contributed by atoms with Crippen LogP contribution < -0.4 is 16.3 Å². The molecule has 0 aliphatic carbocycles. The lowest BCUT2D eigenvalue weighted by molar-refractivity contribution is -0.0914. The van der Waals surface area contributed by atoms with Crippen molar-refractivity contribution < 1.29 is 9.90 Å². The minimum Gasteiger partial charge on any atom is -0.349 e. The second-order valence-corrected chi connectivity index (χ2v) is 9.72. The molecule has 0 bridgehead atoms. The molecule has 4 N–H and O–H groups in total. The highest BCUT2D eigenvalue weighted by Gasteiger charge is 2.43. The predicted molar refractivity (Wildman–Crippen MR) is 143 cm³/mol. The van der Waals surface area contributed by atoms with Gasteiger partial charge in [0.1, 0.15) is 11.7 Å². The van der Waals surface area contributed by atoms with Crippen molar-refractivity contribution in [3.8, 4) is 0 Å². The molecule has 192 valence electrons. The van der Waals surface area contributed by atoms with Gasteiger partial charge < -0.3 is 10.0 Å². The third-order valence-corrected chi connectivity index (χ3v) is 6.79. The van der Waals surface area contributed by atoms with E-state index in [2.05, 4.69) is 26.4 Å². The second kappa shape index (κ2) is 12.0. The monoisotopic (exact) mass is 490 g/mol. The van der Waals surface area contributed by atoms with Gasteiger partial charge in [-0.3, -0.25) is 26.1 Å². The van der Waals surface area contributed by atoms with Gasteiger partial charge in [0.2, 0.25) is 0 Å². The van der Waals surface area contributed by atoms with Crippen LogP contribution in [0.4, 0.5) is 0 Å². The molecule has 1 amide bonds. The van der Waals surface area contributed by atoms with E-state index in [0.717, 1.165) is 74.4 Å². The first-order chi connectivity index (χ1) is 17.5. The Kier molecular flexibility index (Phi) is 8.59. The fourth-order valence-corrected chi connectivity index (χ4v) is 4.55. The number of rotatable bonds is 2. The highest BCUT2D eigenvalue weighted by molar-refractivity contribution is 5.96. The Balaban J connectivity index is 0.000000169. The van der Waals surface area contributed by atoms with Crippen molar-refractivity contribution in [2.24, 2.45) is 10.1 Å². The van der Waals surface area contributed by atoms with Gasteiger partial charge in [-0.1, -0.05) is 60.4 Å². The molecule has 36 heavy (non-hydrogen) atoms. The van der Waals surface area contributed by atoms with Crippen molar-refractivity contribution >= 4 is 17.6 Å². The Hall–Kier alpha value is -3.39. The average molecular weight is 491 g/mol. The number of aliphatic imine (C=N–C) groups is 1. The summed E-state index contributed by atoms with van der Waals surface area (Å²) in [5.41, 5.74) is 12.4. The van der Waals surface area contributed by atoms with Gasteiger partial charge in [-0.05, 0) is 51.7 Å². The van der Waals surface area contributed by atoms with Gasteiger partial charge in [0, 0.05) is 37.1 Å². The van der Waals surface area contributed by atoms with E-state index in [-0.39, 0.29) is 5.91 Å². The molecule has 2 aromatic carbocycles. The van der Waals surface area contributed by atoms with E-state index in [1.165, 1.54) is 18.4 Å². The number of nitrogens with one attached hydrogen (secondary N) is 3. The molecule has 1 unspecified atom stereocenters. The number of hydrazone groups is 1. The summed E-state index contributed by atoms with van der Waals surface area (Å²) >= 11 is 0. The number of hydrogen-bond donors (Lipinski definition) is 4. The number of aliphatic hydroxyl groups is 1. The molecule has 5 rings (SSSR count). The lowest BCUT2D eigenvalue weighted by Crippen LogP contribution is -2.51. The van der Waals surface area contributed by atoms with Crippen LogP contribution in [0.2, 0.25) is 0 Å². The van der Waals surface area contributed by atoms with E-state index in [9.17, 15) is 9.90 Å². The summed E-state index contributed by atoms with van der Waals surface area (Å²) < 4.78 is 0. The molecule has 0 aromatic heterocycles. The predicted octanol–water partition coefficient (Wildman–Crippen LogP) is 4.09. The molecular formula is C28H38N6O2. The minimum absolute atomic E-state index is 0.123. The smallest absolute Gasteiger partial charge is 0.269 e. The first kappa shape index (κ1) is 25.7. The molecular weight excluding hydrogens is 452 g/mol. The van der Waals surface area contributed by atoms with Crippen molar-refractivity contribution in [1.29, 1.82) is 0 Å². The summed E-state index contributed by atoms with van der Waals surface area (Å²) in [5.74, 6) is 0.582. The quantitative estimate of drug-likeness (QED) is 0.475. The first-order valence-electron chi connectivity index (χ1n) is 13.0. The maximum atomic E-state index is 11.9. The van der Waals surface area contributed by atoms with Crippen LogP contribution in [0.5, 0.6) is 0 Å². The maximum absolute atomic E-state index is 11.9. The Morgan fingerprint density at radius 2 is 1.58 bits per heavy atom. The number of nitrogens with zero attached hydrogens (tertiary/aromatic N) is 3. The van der Waals surface area contributed by atoms with Crippen molar-refractivity contribution in [3.63, 3.8) is 0 Å². The summed E-state index contributed by atoms with van der Waals surface area (Å²) in [6.07, 6.45) is 8.80. The Labute approximate surface area is 213 Å². The highest BCUT2D eigenvalue weighted by Crippen LogP contribution is 2.31. The van der Waals surface area contributed by atoms with Crippen LogP contribution >= 0.6 is 0 Å². The summed E-state index contributed by atoms with van der Waals surface area (Å²) in [5, 5.41) is 15.2. The Bertz CT molecular complexity index is 1080. The van der Waals surface area contributed by atoms with Crippen LogP contribution in [-0.4, -0.2) is 40.7 Å². The average Bonchev–Trinajstić information content (AvgIpc) is 3.12. The second-order valence-electron chi connectivity index (χ2n) is 9.72. The lowest BCUT2D eigenvalue weighted by atomic mass is 10.1. The van der Waals surface area contributed by atoms with Crippen LogP contribution in [-0.2, 0) is 5.85 Å².